The first-order valence-electron chi connectivity index (χ1n) is 10.5. The van der Waals surface area contributed by atoms with E-state index < -0.39 is 0 Å². The first-order valence-corrected chi connectivity index (χ1v) is 10.5. The van der Waals surface area contributed by atoms with Gasteiger partial charge in [-0.2, -0.15) is 9.61 Å². The van der Waals surface area contributed by atoms with E-state index in [4.69, 9.17) is 24.9 Å². The van der Waals surface area contributed by atoms with Crippen molar-refractivity contribution in [3.05, 3.63) is 41.2 Å². The van der Waals surface area contributed by atoms with E-state index in [1.54, 1.807) is 4.52 Å². The van der Waals surface area contributed by atoms with Gasteiger partial charge in [0, 0.05) is 41.9 Å². The highest BCUT2D eigenvalue weighted by atomic mass is 16.7. The molecule has 4 heterocycles. The van der Waals surface area contributed by atoms with Crippen molar-refractivity contribution in [2.75, 3.05) is 32.2 Å². The molecule has 8 heteroatoms. The number of nitrogens with two attached hydrogens (primary N) is 1. The SMILES string of the molecule is CCOc1cc2c(cc1CN1CCC(c3cc(N)n4nc(C)cc4n3)CC1)OCO2. The number of nitrogen functional groups attached to an aromatic ring is 1. The molecule has 0 radical (unpaired) electrons. The molecule has 0 unspecified atom stereocenters. The lowest BCUT2D eigenvalue weighted by Crippen LogP contribution is -2.33. The summed E-state index contributed by atoms with van der Waals surface area (Å²) < 4.78 is 18.6. The van der Waals surface area contributed by atoms with Crippen LogP contribution in [0.25, 0.3) is 5.65 Å². The largest absolute Gasteiger partial charge is 0.493 e. The third-order valence-corrected chi connectivity index (χ3v) is 5.85. The zero-order chi connectivity index (χ0) is 20.7. The molecule has 3 aromatic rings. The zero-order valence-electron chi connectivity index (χ0n) is 17.4. The van der Waals surface area contributed by atoms with Crippen molar-refractivity contribution in [1.82, 2.24) is 19.5 Å². The number of piperidine rings is 1. The molecular weight excluding hydrogens is 382 g/mol. The quantitative estimate of drug-likeness (QED) is 0.693. The Morgan fingerprint density at radius 1 is 1.13 bits per heavy atom. The fraction of sp³-hybridized carbons (Fsp3) is 0.455. The third-order valence-electron chi connectivity index (χ3n) is 5.85. The molecule has 0 spiro atoms. The molecule has 2 aliphatic heterocycles. The van der Waals surface area contributed by atoms with Crippen LogP contribution in [-0.4, -0.2) is 46.0 Å². The fourth-order valence-electron chi connectivity index (χ4n) is 4.35. The van der Waals surface area contributed by atoms with Crippen LogP contribution in [-0.2, 0) is 6.54 Å². The van der Waals surface area contributed by atoms with Gasteiger partial charge in [-0.15, -0.1) is 0 Å². The van der Waals surface area contributed by atoms with Crippen molar-refractivity contribution >= 4 is 11.5 Å². The molecule has 2 aromatic heterocycles. The topological polar surface area (TPSA) is 87.1 Å². The highest BCUT2D eigenvalue weighted by Gasteiger charge is 2.25. The maximum atomic E-state index is 6.21. The first-order chi connectivity index (χ1) is 14.6. The summed E-state index contributed by atoms with van der Waals surface area (Å²) in [5, 5.41) is 4.40. The van der Waals surface area contributed by atoms with Crippen LogP contribution in [0.3, 0.4) is 0 Å². The fourth-order valence-corrected chi connectivity index (χ4v) is 4.35. The summed E-state index contributed by atoms with van der Waals surface area (Å²) in [5.74, 6) is 3.49. The summed E-state index contributed by atoms with van der Waals surface area (Å²) in [6.07, 6.45) is 2.09. The molecule has 8 nitrogen and oxygen atoms in total. The molecule has 1 saturated heterocycles. The van der Waals surface area contributed by atoms with Gasteiger partial charge in [-0.3, -0.25) is 4.90 Å². The van der Waals surface area contributed by atoms with E-state index in [0.29, 0.717) is 18.3 Å². The molecule has 1 aromatic carbocycles. The predicted molar refractivity (Wildman–Crippen MR) is 113 cm³/mol. The lowest BCUT2D eigenvalue weighted by Gasteiger charge is -2.32. The summed E-state index contributed by atoms with van der Waals surface area (Å²) in [6, 6.07) is 7.95. The van der Waals surface area contributed by atoms with Gasteiger partial charge < -0.3 is 19.9 Å². The number of aromatic nitrogens is 3. The number of likely N-dealkylation sites (tertiary alicyclic amines) is 1. The van der Waals surface area contributed by atoms with Crippen molar-refractivity contribution in [3.63, 3.8) is 0 Å². The molecule has 0 amide bonds. The molecular formula is C22H27N5O3. The minimum atomic E-state index is 0.271. The molecule has 158 valence electrons. The van der Waals surface area contributed by atoms with Gasteiger partial charge in [-0.25, -0.2) is 4.98 Å². The normalized spacial score (nSPS) is 17.0. The van der Waals surface area contributed by atoms with Crippen molar-refractivity contribution in [1.29, 1.82) is 0 Å². The van der Waals surface area contributed by atoms with E-state index in [2.05, 4.69) is 16.1 Å². The van der Waals surface area contributed by atoms with Crippen LogP contribution in [0.2, 0.25) is 0 Å². The minimum Gasteiger partial charge on any atom is -0.493 e. The van der Waals surface area contributed by atoms with E-state index in [0.717, 1.165) is 72.3 Å². The molecule has 2 N–H and O–H groups in total. The van der Waals surface area contributed by atoms with Crippen molar-refractivity contribution in [3.8, 4) is 17.2 Å². The number of nitrogens with zero attached hydrogens (tertiary/aromatic N) is 4. The smallest absolute Gasteiger partial charge is 0.231 e. The molecule has 0 atom stereocenters. The van der Waals surface area contributed by atoms with Gasteiger partial charge in [0.2, 0.25) is 6.79 Å². The molecule has 5 rings (SSSR count). The third kappa shape index (κ3) is 3.52. The molecule has 2 aliphatic rings. The van der Waals surface area contributed by atoms with E-state index in [-0.39, 0.29) is 6.79 Å². The second-order valence-corrected chi connectivity index (χ2v) is 7.96. The highest BCUT2D eigenvalue weighted by molar-refractivity contribution is 5.52. The number of rotatable bonds is 5. The number of fused-ring (bicyclic) bond motifs is 2. The second kappa shape index (κ2) is 7.68. The Morgan fingerprint density at radius 3 is 2.67 bits per heavy atom. The van der Waals surface area contributed by atoms with Crippen LogP contribution in [0.1, 0.15) is 42.6 Å². The van der Waals surface area contributed by atoms with E-state index in [9.17, 15) is 0 Å². The van der Waals surface area contributed by atoms with Crippen LogP contribution in [0.15, 0.2) is 24.3 Å². The maximum absolute atomic E-state index is 6.21. The van der Waals surface area contributed by atoms with Crippen LogP contribution in [0, 0.1) is 6.92 Å². The van der Waals surface area contributed by atoms with Crippen LogP contribution < -0.4 is 19.9 Å². The number of ether oxygens (including phenoxy) is 3. The van der Waals surface area contributed by atoms with Gasteiger partial charge in [0.1, 0.15) is 11.6 Å². The Labute approximate surface area is 175 Å². The first kappa shape index (κ1) is 19.0. The van der Waals surface area contributed by atoms with Gasteiger partial charge in [0.15, 0.2) is 17.1 Å². The summed E-state index contributed by atoms with van der Waals surface area (Å²) >= 11 is 0. The van der Waals surface area contributed by atoms with Crippen molar-refractivity contribution in [2.24, 2.45) is 0 Å². The molecule has 0 saturated carbocycles. The summed E-state index contributed by atoms with van der Waals surface area (Å²) in [5.41, 5.74) is 10.2. The minimum absolute atomic E-state index is 0.271. The molecule has 0 bridgehead atoms. The monoisotopic (exact) mass is 409 g/mol. The van der Waals surface area contributed by atoms with E-state index in [1.165, 1.54) is 0 Å². The van der Waals surface area contributed by atoms with Gasteiger partial charge in [0.25, 0.3) is 0 Å². The second-order valence-electron chi connectivity index (χ2n) is 7.96. The molecule has 1 fully saturated rings. The summed E-state index contributed by atoms with van der Waals surface area (Å²) in [7, 11) is 0. The lowest BCUT2D eigenvalue weighted by molar-refractivity contribution is 0.173. The van der Waals surface area contributed by atoms with Gasteiger partial charge >= 0.3 is 0 Å². The Bertz CT molecular complexity index is 1070. The van der Waals surface area contributed by atoms with Crippen LogP contribution in [0.4, 0.5) is 5.82 Å². The number of anilines is 1. The van der Waals surface area contributed by atoms with Gasteiger partial charge in [-0.1, -0.05) is 0 Å². The Morgan fingerprint density at radius 2 is 1.90 bits per heavy atom. The number of hydrogen-bond donors (Lipinski definition) is 1. The van der Waals surface area contributed by atoms with Crippen molar-refractivity contribution < 1.29 is 14.2 Å². The van der Waals surface area contributed by atoms with Crippen LogP contribution >= 0.6 is 0 Å². The number of hydrogen-bond acceptors (Lipinski definition) is 7. The highest BCUT2D eigenvalue weighted by Crippen LogP contribution is 2.39. The van der Waals surface area contributed by atoms with E-state index in [1.807, 2.05) is 32.0 Å². The number of benzene rings is 1. The number of aryl methyl sites for hydroxylation is 1. The Hall–Kier alpha value is -3.00. The Kier molecular flexibility index (Phi) is 4.86. The average molecular weight is 409 g/mol. The van der Waals surface area contributed by atoms with Crippen molar-refractivity contribution in [2.45, 2.75) is 39.2 Å². The lowest BCUT2D eigenvalue weighted by atomic mass is 9.93. The van der Waals surface area contributed by atoms with E-state index >= 15 is 0 Å². The summed E-state index contributed by atoms with van der Waals surface area (Å²) in [4.78, 5) is 7.28. The molecule has 0 aliphatic carbocycles. The van der Waals surface area contributed by atoms with Crippen LogP contribution in [0.5, 0.6) is 17.2 Å². The predicted octanol–water partition coefficient (Wildman–Crippen LogP) is 3.13. The Balaban J connectivity index is 1.29. The standard InChI is InChI=1S/C22H27N5O3/c1-3-28-18-11-20-19(29-13-30-20)9-16(18)12-26-6-4-15(5-7-26)17-10-21(23)27-22(24-17)8-14(2)25-27/h8-11,15H,3-7,12-13,23H2,1-2H3. The summed E-state index contributed by atoms with van der Waals surface area (Å²) in [6.45, 7) is 7.67. The average Bonchev–Trinajstić information content (AvgIpc) is 3.34. The zero-order valence-corrected chi connectivity index (χ0v) is 17.4. The maximum Gasteiger partial charge on any atom is 0.231 e. The van der Waals surface area contributed by atoms with Gasteiger partial charge in [0.05, 0.1) is 12.3 Å². The molecule has 30 heavy (non-hydrogen) atoms. The van der Waals surface area contributed by atoms with Gasteiger partial charge in [-0.05, 0) is 45.8 Å².